The Balaban J connectivity index is 1.99. The van der Waals surface area contributed by atoms with Gasteiger partial charge in [-0.3, -0.25) is 14.9 Å². The minimum absolute atomic E-state index is 0.00944. The lowest BCUT2D eigenvalue weighted by atomic mass is 9.86. The molecule has 0 spiro atoms. The highest BCUT2D eigenvalue weighted by atomic mass is 16.6. The number of esters is 1. The van der Waals surface area contributed by atoms with E-state index in [0.29, 0.717) is 5.75 Å². The van der Waals surface area contributed by atoms with Crippen molar-refractivity contribution >= 4 is 11.7 Å². The SMILES string of the molecule is O=C(Oc1ccc([N+](=O)[O-])cc1)C1CCC1. The summed E-state index contributed by atoms with van der Waals surface area (Å²) < 4.78 is 5.09. The van der Waals surface area contributed by atoms with Crippen LogP contribution in [0.3, 0.4) is 0 Å². The first-order chi connectivity index (χ1) is 7.66. The summed E-state index contributed by atoms with van der Waals surface area (Å²) in [6, 6.07) is 5.52. The van der Waals surface area contributed by atoms with Gasteiger partial charge in [0.05, 0.1) is 10.8 Å². The van der Waals surface area contributed by atoms with E-state index < -0.39 is 4.92 Å². The fraction of sp³-hybridized carbons (Fsp3) is 0.364. The number of hydrogen-bond acceptors (Lipinski definition) is 4. The van der Waals surface area contributed by atoms with Gasteiger partial charge in [0.15, 0.2) is 0 Å². The molecular weight excluding hydrogens is 210 g/mol. The normalized spacial score (nSPS) is 15.2. The van der Waals surface area contributed by atoms with E-state index >= 15 is 0 Å². The summed E-state index contributed by atoms with van der Waals surface area (Å²) in [5.41, 5.74) is -0.0107. The second-order valence-electron chi connectivity index (χ2n) is 3.80. The molecule has 1 fully saturated rings. The smallest absolute Gasteiger partial charge is 0.314 e. The molecule has 0 saturated heterocycles. The topological polar surface area (TPSA) is 69.4 Å². The Morgan fingerprint density at radius 1 is 1.31 bits per heavy atom. The van der Waals surface area contributed by atoms with Crippen LogP contribution in [0, 0.1) is 16.0 Å². The van der Waals surface area contributed by atoms with Crippen LogP contribution in [0.15, 0.2) is 24.3 Å². The van der Waals surface area contributed by atoms with Gasteiger partial charge in [-0.05, 0) is 25.0 Å². The number of hydrogen-bond donors (Lipinski definition) is 0. The zero-order valence-corrected chi connectivity index (χ0v) is 8.59. The third kappa shape index (κ3) is 2.18. The molecule has 0 N–H and O–H groups in total. The van der Waals surface area contributed by atoms with Crippen LogP contribution in [0.25, 0.3) is 0 Å². The summed E-state index contributed by atoms with van der Waals surface area (Å²) in [5, 5.41) is 10.4. The molecule has 5 heteroatoms. The molecule has 0 heterocycles. The third-order valence-corrected chi connectivity index (χ3v) is 2.70. The number of carbonyl (C=O) groups is 1. The fourth-order valence-electron chi connectivity index (χ4n) is 1.48. The van der Waals surface area contributed by atoms with Crippen molar-refractivity contribution in [2.75, 3.05) is 0 Å². The Morgan fingerprint density at radius 2 is 1.94 bits per heavy atom. The maximum atomic E-state index is 11.5. The van der Waals surface area contributed by atoms with E-state index in [-0.39, 0.29) is 17.6 Å². The Kier molecular flexibility index (Phi) is 2.85. The first-order valence-electron chi connectivity index (χ1n) is 5.13. The summed E-state index contributed by atoms with van der Waals surface area (Å²) >= 11 is 0. The van der Waals surface area contributed by atoms with Crippen LogP contribution in [0.1, 0.15) is 19.3 Å². The highest BCUT2D eigenvalue weighted by molar-refractivity contribution is 5.75. The average molecular weight is 221 g/mol. The van der Waals surface area contributed by atoms with E-state index in [0.717, 1.165) is 19.3 Å². The third-order valence-electron chi connectivity index (χ3n) is 2.70. The van der Waals surface area contributed by atoms with Crippen LogP contribution >= 0.6 is 0 Å². The molecule has 1 saturated carbocycles. The number of nitro benzene ring substituents is 1. The lowest BCUT2D eigenvalue weighted by molar-refractivity contribution is -0.384. The Labute approximate surface area is 92.2 Å². The van der Waals surface area contributed by atoms with Crippen LogP contribution < -0.4 is 4.74 Å². The molecule has 0 unspecified atom stereocenters. The summed E-state index contributed by atoms with van der Waals surface area (Å²) in [6.45, 7) is 0. The molecule has 0 radical (unpaired) electrons. The van der Waals surface area contributed by atoms with Crippen molar-refractivity contribution in [2.45, 2.75) is 19.3 Å². The van der Waals surface area contributed by atoms with Gasteiger partial charge in [-0.1, -0.05) is 6.42 Å². The number of rotatable bonds is 3. The van der Waals surface area contributed by atoms with Crippen LogP contribution in [-0.4, -0.2) is 10.9 Å². The molecule has 1 aliphatic carbocycles. The zero-order valence-electron chi connectivity index (χ0n) is 8.59. The second kappa shape index (κ2) is 4.30. The van der Waals surface area contributed by atoms with Crippen molar-refractivity contribution in [3.8, 4) is 5.75 Å². The van der Waals surface area contributed by atoms with Gasteiger partial charge >= 0.3 is 5.97 Å². The van der Waals surface area contributed by atoms with E-state index in [2.05, 4.69) is 0 Å². The van der Waals surface area contributed by atoms with Gasteiger partial charge in [-0.25, -0.2) is 0 Å². The van der Waals surface area contributed by atoms with Crippen molar-refractivity contribution in [2.24, 2.45) is 5.92 Å². The second-order valence-corrected chi connectivity index (χ2v) is 3.80. The summed E-state index contributed by atoms with van der Waals surface area (Å²) in [5.74, 6) is 0.137. The van der Waals surface area contributed by atoms with E-state index in [1.165, 1.54) is 24.3 Å². The number of benzene rings is 1. The molecule has 1 aromatic rings. The number of ether oxygens (including phenoxy) is 1. The van der Waals surface area contributed by atoms with Crippen molar-refractivity contribution in [3.05, 3.63) is 34.4 Å². The first kappa shape index (κ1) is 10.6. The molecule has 5 nitrogen and oxygen atoms in total. The molecule has 0 aliphatic heterocycles. The Morgan fingerprint density at radius 3 is 2.38 bits per heavy atom. The number of nitrogens with zero attached hydrogens (tertiary/aromatic N) is 1. The molecule has 84 valence electrons. The fourth-order valence-corrected chi connectivity index (χ4v) is 1.48. The van der Waals surface area contributed by atoms with Crippen LogP contribution in [0.4, 0.5) is 5.69 Å². The number of non-ortho nitro benzene ring substituents is 1. The van der Waals surface area contributed by atoms with Crippen molar-refractivity contribution in [1.29, 1.82) is 0 Å². The minimum Gasteiger partial charge on any atom is -0.426 e. The van der Waals surface area contributed by atoms with E-state index in [1.54, 1.807) is 0 Å². The van der Waals surface area contributed by atoms with Gasteiger partial charge in [0.2, 0.25) is 0 Å². The van der Waals surface area contributed by atoms with Gasteiger partial charge < -0.3 is 4.74 Å². The summed E-state index contributed by atoms with van der Waals surface area (Å²) in [4.78, 5) is 21.4. The standard InChI is InChI=1S/C11H11NO4/c13-11(8-2-1-3-8)16-10-6-4-9(5-7-10)12(14)15/h4-8H,1-3H2. The number of nitro groups is 1. The van der Waals surface area contributed by atoms with Crippen LogP contribution in [0.5, 0.6) is 5.75 Å². The average Bonchev–Trinajstić information content (AvgIpc) is 2.15. The Bertz CT molecular complexity index is 408. The zero-order chi connectivity index (χ0) is 11.5. The van der Waals surface area contributed by atoms with Gasteiger partial charge in [0.25, 0.3) is 5.69 Å². The molecule has 0 aromatic heterocycles. The highest BCUT2D eigenvalue weighted by Gasteiger charge is 2.27. The monoisotopic (exact) mass is 221 g/mol. The highest BCUT2D eigenvalue weighted by Crippen LogP contribution is 2.28. The summed E-state index contributed by atoms with van der Waals surface area (Å²) in [6.07, 6.45) is 2.83. The molecule has 2 rings (SSSR count). The molecule has 1 aromatic carbocycles. The van der Waals surface area contributed by atoms with Crippen LogP contribution in [-0.2, 0) is 4.79 Å². The van der Waals surface area contributed by atoms with Gasteiger partial charge in [0.1, 0.15) is 5.75 Å². The van der Waals surface area contributed by atoms with Crippen molar-refractivity contribution < 1.29 is 14.5 Å². The van der Waals surface area contributed by atoms with E-state index in [4.69, 9.17) is 4.74 Å². The molecular formula is C11H11NO4. The lowest BCUT2D eigenvalue weighted by Crippen LogP contribution is -2.26. The molecule has 0 amide bonds. The predicted molar refractivity (Wildman–Crippen MR) is 56.1 cm³/mol. The van der Waals surface area contributed by atoms with Gasteiger partial charge in [-0.2, -0.15) is 0 Å². The molecule has 0 atom stereocenters. The lowest BCUT2D eigenvalue weighted by Gasteiger charge is -2.22. The first-order valence-corrected chi connectivity index (χ1v) is 5.13. The summed E-state index contributed by atoms with van der Waals surface area (Å²) in [7, 11) is 0. The molecule has 16 heavy (non-hydrogen) atoms. The minimum atomic E-state index is -0.489. The maximum absolute atomic E-state index is 11.5. The van der Waals surface area contributed by atoms with Gasteiger partial charge in [-0.15, -0.1) is 0 Å². The molecule has 0 bridgehead atoms. The van der Waals surface area contributed by atoms with Crippen molar-refractivity contribution in [1.82, 2.24) is 0 Å². The predicted octanol–water partition coefficient (Wildman–Crippen LogP) is 2.30. The Hall–Kier alpha value is -1.91. The largest absolute Gasteiger partial charge is 0.426 e. The maximum Gasteiger partial charge on any atom is 0.314 e. The number of carbonyl (C=O) groups excluding carboxylic acids is 1. The van der Waals surface area contributed by atoms with E-state index in [1.807, 2.05) is 0 Å². The van der Waals surface area contributed by atoms with E-state index in [9.17, 15) is 14.9 Å². The van der Waals surface area contributed by atoms with Crippen LogP contribution in [0.2, 0.25) is 0 Å². The quantitative estimate of drug-likeness (QED) is 0.340. The van der Waals surface area contributed by atoms with Gasteiger partial charge in [0, 0.05) is 12.1 Å². The molecule has 1 aliphatic rings. The van der Waals surface area contributed by atoms with Crippen molar-refractivity contribution in [3.63, 3.8) is 0 Å².